The highest BCUT2D eigenvalue weighted by Gasteiger charge is 2.35. The third kappa shape index (κ3) is 9.32. The summed E-state index contributed by atoms with van der Waals surface area (Å²) < 4.78 is 10.8. The summed E-state index contributed by atoms with van der Waals surface area (Å²) in [6.45, 7) is 7.08. The van der Waals surface area contributed by atoms with Gasteiger partial charge in [0.1, 0.15) is 0 Å². The number of ketones is 1. The number of thioether (sulfide) groups is 1. The van der Waals surface area contributed by atoms with E-state index in [1.165, 1.54) is 34.7 Å². The Morgan fingerprint density at radius 1 is 1.00 bits per heavy atom. The normalized spacial score (nSPS) is 14.1. The Kier molecular flexibility index (Phi) is 12.4. The van der Waals surface area contributed by atoms with Gasteiger partial charge >= 0.3 is 0 Å². The summed E-state index contributed by atoms with van der Waals surface area (Å²) in [5.74, 6) is 0.762. The maximum absolute atomic E-state index is 14.0. The topological polar surface area (TPSA) is 108 Å². The van der Waals surface area contributed by atoms with Gasteiger partial charge in [0.25, 0.3) is 11.8 Å². The van der Waals surface area contributed by atoms with Gasteiger partial charge in [0, 0.05) is 24.4 Å². The number of aryl methyl sites for hydroxylation is 1. The second kappa shape index (κ2) is 16.5. The standard InChI is InChI=1S/C35H43N3O6S/c1-5-30(25(3)39)38(22-45-18-17-37(4)21-28-14-10-9-11-24(28)2)35(42)33(40)29(19-26-12-7-6-8-13-26)36-34(41)27-15-16-31-32(20-27)44-23-43-31/h6-16,20,29-30,33,40H,5,17-19,21-23H2,1-4H3,(H,36,41)/t29-,30-,33-/m0/s1. The summed E-state index contributed by atoms with van der Waals surface area (Å²) in [5.41, 5.74) is 3.66. The minimum Gasteiger partial charge on any atom is -0.454 e. The quantitative estimate of drug-likeness (QED) is 0.176. The van der Waals surface area contributed by atoms with Gasteiger partial charge in [-0.2, -0.15) is 0 Å². The van der Waals surface area contributed by atoms with Crippen molar-refractivity contribution in [2.24, 2.45) is 0 Å². The lowest BCUT2D eigenvalue weighted by Gasteiger charge is -2.34. The Labute approximate surface area is 269 Å². The number of nitrogens with zero attached hydrogens (tertiary/aromatic N) is 2. The molecule has 1 aliphatic rings. The van der Waals surface area contributed by atoms with Crippen molar-refractivity contribution in [1.29, 1.82) is 0 Å². The van der Waals surface area contributed by atoms with Gasteiger partial charge in [0.2, 0.25) is 6.79 Å². The van der Waals surface area contributed by atoms with Gasteiger partial charge in [0.05, 0.1) is 18.0 Å². The maximum atomic E-state index is 14.0. The van der Waals surface area contributed by atoms with Crippen LogP contribution in [0.3, 0.4) is 0 Å². The highest BCUT2D eigenvalue weighted by molar-refractivity contribution is 7.99. The molecular weight excluding hydrogens is 590 g/mol. The molecule has 0 radical (unpaired) electrons. The molecule has 0 unspecified atom stereocenters. The highest BCUT2D eigenvalue weighted by Crippen LogP contribution is 2.32. The number of aliphatic hydroxyl groups is 1. The third-order valence-electron chi connectivity index (χ3n) is 7.95. The van der Waals surface area contributed by atoms with Crippen molar-refractivity contribution < 1.29 is 29.0 Å². The Bertz CT molecular complexity index is 1450. The molecule has 0 saturated heterocycles. The number of fused-ring (bicyclic) bond motifs is 1. The molecule has 9 nitrogen and oxygen atoms in total. The third-order valence-corrected chi connectivity index (χ3v) is 8.88. The van der Waals surface area contributed by atoms with E-state index in [-0.39, 0.29) is 24.9 Å². The van der Waals surface area contributed by atoms with Crippen molar-refractivity contribution >= 4 is 29.4 Å². The minimum absolute atomic E-state index is 0.0792. The van der Waals surface area contributed by atoms with Crippen molar-refractivity contribution in [3.8, 4) is 11.5 Å². The highest BCUT2D eigenvalue weighted by atomic mass is 32.2. The molecule has 1 aliphatic heterocycles. The summed E-state index contributed by atoms with van der Waals surface area (Å²) in [7, 11) is 2.06. The van der Waals surface area contributed by atoms with Crippen LogP contribution in [0.5, 0.6) is 11.5 Å². The van der Waals surface area contributed by atoms with Crippen LogP contribution in [0.4, 0.5) is 0 Å². The van der Waals surface area contributed by atoms with Gasteiger partial charge < -0.3 is 29.7 Å². The monoisotopic (exact) mass is 633 g/mol. The fraction of sp³-hybridized carbons (Fsp3) is 0.400. The molecule has 0 fully saturated rings. The Morgan fingerprint density at radius 2 is 1.71 bits per heavy atom. The number of ether oxygens (including phenoxy) is 2. The summed E-state index contributed by atoms with van der Waals surface area (Å²) in [6, 6.07) is 20.8. The Balaban J connectivity index is 1.46. The van der Waals surface area contributed by atoms with Crippen molar-refractivity contribution in [2.75, 3.05) is 32.0 Å². The van der Waals surface area contributed by atoms with Crippen LogP contribution in [0.15, 0.2) is 72.8 Å². The zero-order valence-corrected chi connectivity index (χ0v) is 27.2. The van der Waals surface area contributed by atoms with Crippen LogP contribution >= 0.6 is 11.8 Å². The van der Waals surface area contributed by atoms with E-state index in [0.717, 1.165) is 24.4 Å². The van der Waals surface area contributed by atoms with Gasteiger partial charge in [-0.25, -0.2) is 0 Å². The second-order valence-corrected chi connectivity index (χ2v) is 12.4. The van der Waals surface area contributed by atoms with Crippen molar-refractivity contribution in [2.45, 2.75) is 58.3 Å². The molecule has 0 aromatic heterocycles. The lowest BCUT2D eigenvalue weighted by molar-refractivity contribution is -0.146. The minimum atomic E-state index is -1.58. The van der Waals surface area contributed by atoms with E-state index in [4.69, 9.17) is 9.47 Å². The molecule has 1 heterocycles. The molecule has 0 saturated carbocycles. The molecular formula is C35H43N3O6S. The van der Waals surface area contributed by atoms with E-state index in [1.54, 1.807) is 18.2 Å². The fourth-order valence-corrected chi connectivity index (χ4v) is 6.39. The smallest absolute Gasteiger partial charge is 0.254 e. The summed E-state index contributed by atoms with van der Waals surface area (Å²) in [4.78, 5) is 43.7. The summed E-state index contributed by atoms with van der Waals surface area (Å²) >= 11 is 1.54. The van der Waals surface area contributed by atoms with Crippen LogP contribution in [0.25, 0.3) is 0 Å². The average molecular weight is 634 g/mol. The molecule has 0 bridgehead atoms. The summed E-state index contributed by atoms with van der Waals surface area (Å²) in [5, 5.41) is 14.4. The number of rotatable bonds is 16. The Hall–Kier alpha value is -3.86. The number of carbonyl (C=O) groups excluding carboxylic acids is 3. The molecule has 3 aromatic rings. The molecule has 2 amide bonds. The van der Waals surface area contributed by atoms with Crippen LogP contribution in [-0.2, 0) is 22.6 Å². The molecule has 45 heavy (non-hydrogen) atoms. The molecule has 0 spiro atoms. The number of Topliss-reactive ketones (excluding diaryl/α,β-unsaturated/α-hetero) is 1. The second-order valence-electron chi connectivity index (χ2n) is 11.3. The molecule has 3 atom stereocenters. The zero-order chi connectivity index (χ0) is 32.3. The van der Waals surface area contributed by atoms with Crippen LogP contribution in [0.1, 0.15) is 47.3 Å². The number of amides is 2. The van der Waals surface area contributed by atoms with Crippen molar-refractivity contribution in [3.63, 3.8) is 0 Å². The van der Waals surface area contributed by atoms with E-state index in [0.29, 0.717) is 23.5 Å². The number of nitrogens with one attached hydrogen (secondary N) is 1. The van der Waals surface area contributed by atoms with E-state index >= 15 is 0 Å². The van der Waals surface area contributed by atoms with Crippen LogP contribution in [-0.4, -0.2) is 82.7 Å². The van der Waals surface area contributed by atoms with E-state index < -0.39 is 30.0 Å². The number of aliphatic hydroxyl groups excluding tert-OH is 1. The fourth-order valence-electron chi connectivity index (χ4n) is 5.32. The number of hydrogen-bond acceptors (Lipinski definition) is 8. The molecule has 2 N–H and O–H groups in total. The molecule has 4 rings (SSSR count). The first-order valence-electron chi connectivity index (χ1n) is 15.2. The first-order valence-corrected chi connectivity index (χ1v) is 16.4. The van der Waals surface area contributed by atoms with Crippen LogP contribution in [0, 0.1) is 6.92 Å². The van der Waals surface area contributed by atoms with E-state index in [1.807, 2.05) is 49.4 Å². The van der Waals surface area contributed by atoms with E-state index in [2.05, 4.69) is 36.3 Å². The zero-order valence-electron chi connectivity index (χ0n) is 26.4. The lowest BCUT2D eigenvalue weighted by atomic mass is 9.98. The maximum Gasteiger partial charge on any atom is 0.254 e. The van der Waals surface area contributed by atoms with Crippen LogP contribution in [0.2, 0.25) is 0 Å². The molecule has 3 aromatic carbocycles. The first-order chi connectivity index (χ1) is 21.7. The average Bonchev–Trinajstić information content (AvgIpc) is 3.51. The predicted octanol–water partition coefficient (Wildman–Crippen LogP) is 4.44. The SMILES string of the molecule is CC[C@@H](C(C)=O)N(CSCCN(C)Cc1ccccc1C)C(=O)[C@@H](O)[C@H](Cc1ccccc1)NC(=O)c1ccc2c(c1)OCO2. The summed E-state index contributed by atoms with van der Waals surface area (Å²) in [6.07, 6.45) is -0.957. The van der Waals surface area contributed by atoms with Crippen molar-refractivity contribution in [1.82, 2.24) is 15.1 Å². The van der Waals surface area contributed by atoms with Gasteiger partial charge in [-0.05, 0) is 68.6 Å². The van der Waals surface area contributed by atoms with Gasteiger partial charge in [-0.1, -0.05) is 61.5 Å². The Morgan fingerprint density at radius 3 is 2.42 bits per heavy atom. The lowest BCUT2D eigenvalue weighted by Crippen LogP contribution is -2.55. The predicted molar refractivity (Wildman–Crippen MR) is 176 cm³/mol. The molecule has 0 aliphatic carbocycles. The first kappa shape index (κ1) is 34.0. The van der Waals surface area contributed by atoms with Gasteiger partial charge in [0.15, 0.2) is 23.4 Å². The van der Waals surface area contributed by atoms with Gasteiger partial charge in [-0.3, -0.25) is 14.4 Å². The largest absolute Gasteiger partial charge is 0.454 e. The van der Waals surface area contributed by atoms with Crippen LogP contribution < -0.4 is 14.8 Å². The van der Waals surface area contributed by atoms with Crippen molar-refractivity contribution in [3.05, 3.63) is 95.1 Å². The molecule has 240 valence electrons. The molecule has 10 heteroatoms. The number of benzene rings is 3. The van der Waals surface area contributed by atoms with Gasteiger partial charge in [-0.15, -0.1) is 11.8 Å². The number of carbonyl (C=O) groups is 3. The number of hydrogen-bond donors (Lipinski definition) is 2. The van der Waals surface area contributed by atoms with E-state index in [9.17, 15) is 19.5 Å².